The lowest BCUT2D eigenvalue weighted by molar-refractivity contribution is 0.140. The summed E-state index contributed by atoms with van der Waals surface area (Å²) in [5.41, 5.74) is 1.97. The summed E-state index contributed by atoms with van der Waals surface area (Å²) in [6.07, 6.45) is 5.17. The van der Waals surface area contributed by atoms with Gasteiger partial charge < -0.3 is 5.32 Å². The molecule has 106 valence electrons. The fourth-order valence-corrected chi connectivity index (χ4v) is 3.59. The Morgan fingerprint density at radius 2 is 1.95 bits per heavy atom. The molecule has 0 radical (unpaired) electrons. The summed E-state index contributed by atoms with van der Waals surface area (Å²) in [6, 6.07) is 12.1. The van der Waals surface area contributed by atoms with Gasteiger partial charge in [0.05, 0.1) is 0 Å². The van der Waals surface area contributed by atoms with Crippen molar-refractivity contribution in [3.05, 3.63) is 35.9 Å². The van der Waals surface area contributed by atoms with Crippen molar-refractivity contribution in [1.29, 1.82) is 0 Å². The smallest absolute Gasteiger partial charge is 0.0320 e. The Bertz CT molecular complexity index is 382. The monoisotopic (exact) mass is 259 g/mol. The van der Waals surface area contributed by atoms with Gasteiger partial charge in [0.1, 0.15) is 0 Å². The lowest BCUT2D eigenvalue weighted by atomic mass is 9.70. The van der Waals surface area contributed by atoms with Gasteiger partial charge in [-0.1, -0.05) is 58.0 Å². The summed E-state index contributed by atoms with van der Waals surface area (Å²) >= 11 is 0. The van der Waals surface area contributed by atoms with Crippen molar-refractivity contribution in [2.45, 2.75) is 65.5 Å². The molecule has 0 aliphatic heterocycles. The molecule has 3 unspecified atom stereocenters. The maximum absolute atomic E-state index is 3.91. The van der Waals surface area contributed by atoms with Crippen molar-refractivity contribution in [3.63, 3.8) is 0 Å². The van der Waals surface area contributed by atoms with Crippen molar-refractivity contribution in [1.82, 2.24) is 5.32 Å². The second-order valence-corrected chi connectivity index (χ2v) is 7.03. The second kappa shape index (κ2) is 6.09. The quantitative estimate of drug-likeness (QED) is 0.807. The number of nitrogens with one attached hydrogen (secondary N) is 1. The predicted octanol–water partition coefficient (Wildman–Crippen LogP) is 4.94. The molecule has 1 heteroatoms. The first-order chi connectivity index (χ1) is 9.02. The van der Waals surface area contributed by atoms with Crippen molar-refractivity contribution in [2.24, 2.45) is 11.3 Å². The topological polar surface area (TPSA) is 12.0 Å². The summed E-state index contributed by atoms with van der Waals surface area (Å²) in [6.45, 7) is 9.51. The molecule has 0 bridgehead atoms. The van der Waals surface area contributed by atoms with E-state index in [0.717, 1.165) is 12.3 Å². The van der Waals surface area contributed by atoms with Gasteiger partial charge in [0.15, 0.2) is 0 Å². The molecule has 1 nitrogen and oxygen atoms in total. The van der Waals surface area contributed by atoms with Crippen molar-refractivity contribution >= 4 is 0 Å². The van der Waals surface area contributed by atoms with E-state index in [1.807, 2.05) is 0 Å². The van der Waals surface area contributed by atoms with Gasteiger partial charge in [0.2, 0.25) is 0 Å². The Hall–Kier alpha value is -0.820. The van der Waals surface area contributed by atoms with Crippen LogP contribution in [0.4, 0.5) is 0 Å². The predicted molar refractivity (Wildman–Crippen MR) is 83.2 cm³/mol. The largest absolute Gasteiger partial charge is 0.307 e. The third-order valence-electron chi connectivity index (χ3n) is 4.72. The number of hydrogen-bond donors (Lipinski definition) is 1. The van der Waals surface area contributed by atoms with E-state index >= 15 is 0 Å². The van der Waals surface area contributed by atoms with Crippen LogP contribution in [-0.4, -0.2) is 6.04 Å². The minimum absolute atomic E-state index is 0.509. The van der Waals surface area contributed by atoms with Crippen LogP contribution in [0.1, 0.15) is 65.0 Å². The first-order valence-electron chi connectivity index (χ1n) is 7.83. The highest BCUT2D eigenvalue weighted by atomic mass is 15.0. The zero-order chi connectivity index (χ0) is 13.9. The summed E-state index contributed by atoms with van der Waals surface area (Å²) in [4.78, 5) is 0. The van der Waals surface area contributed by atoms with Crippen molar-refractivity contribution in [3.8, 4) is 0 Å². The van der Waals surface area contributed by atoms with Gasteiger partial charge in [0, 0.05) is 12.1 Å². The van der Waals surface area contributed by atoms with Crippen molar-refractivity contribution < 1.29 is 0 Å². The van der Waals surface area contributed by atoms with Gasteiger partial charge in [-0.15, -0.1) is 0 Å². The Balaban J connectivity index is 2.00. The molecule has 1 saturated carbocycles. The molecular formula is C18H29N. The van der Waals surface area contributed by atoms with E-state index in [9.17, 15) is 0 Å². The Morgan fingerprint density at radius 1 is 1.26 bits per heavy atom. The average Bonchev–Trinajstić information content (AvgIpc) is 2.38. The molecule has 1 N–H and O–H groups in total. The molecule has 0 aromatic heterocycles. The number of benzene rings is 1. The first kappa shape index (κ1) is 14.6. The number of hydrogen-bond acceptors (Lipinski definition) is 1. The van der Waals surface area contributed by atoms with Crippen LogP contribution >= 0.6 is 0 Å². The van der Waals surface area contributed by atoms with Gasteiger partial charge in [-0.2, -0.15) is 0 Å². The minimum atomic E-state index is 0.509. The third kappa shape index (κ3) is 3.82. The Labute approximate surface area is 118 Å². The summed E-state index contributed by atoms with van der Waals surface area (Å²) in [7, 11) is 0. The highest BCUT2D eigenvalue weighted by Gasteiger charge is 2.33. The van der Waals surface area contributed by atoms with Crippen LogP contribution in [0.2, 0.25) is 0 Å². The van der Waals surface area contributed by atoms with Crippen molar-refractivity contribution in [2.75, 3.05) is 0 Å². The molecule has 0 spiro atoms. The molecule has 1 aromatic rings. The van der Waals surface area contributed by atoms with Gasteiger partial charge in [-0.25, -0.2) is 0 Å². The van der Waals surface area contributed by atoms with E-state index in [-0.39, 0.29) is 0 Å². The van der Waals surface area contributed by atoms with E-state index in [1.54, 1.807) is 0 Å². The van der Waals surface area contributed by atoms with E-state index < -0.39 is 0 Å². The SMILES string of the molecule is CCC(NC1CCC(C)(C)CC1C)c1ccccc1. The fraction of sp³-hybridized carbons (Fsp3) is 0.667. The van der Waals surface area contributed by atoms with Crippen LogP contribution in [0.25, 0.3) is 0 Å². The molecule has 1 aromatic carbocycles. The van der Waals surface area contributed by atoms with E-state index in [0.29, 0.717) is 17.5 Å². The zero-order valence-electron chi connectivity index (χ0n) is 12.9. The first-order valence-corrected chi connectivity index (χ1v) is 7.83. The average molecular weight is 259 g/mol. The molecule has 1 aliphatic rings. The minimum Gasteiger partial charge on any atom is -0.307 e. The van der Waals surface area contributed by atoms with E-state index in [1.165, 1.54) is 24.8 Å². The molecule has 1 fully saturated rings. The van der Waals surface area contributed by atoms with E-state index in [2.05, 4.69) is 63.3 Å². The van der Waals surface area contributed by atoms with Gasteiger partial charge in [0.25, 0.3) is 0 Å². The molecule has 0 saturated heterocycles. The van der Waals surface area contributed by atoms with Crippen LogP contribution in [-0.2, 0) is 0 Å². The summed E-state index contributed by atoms with van der Waals surface area (Å²) in [5, 5.41) is 3.91. The third-order valence-corrected chi connectivity index (χ3v) is 4.72. The zero-order valence-corrected chi connectivity index (χ0v) is 12.9. The maximum Gasteiger partial charge on any atom is 0.0320 e. The lowest BCUT2D eigenvalue weighted by Gasteiger charge is -2.41. The number of rotatable bonds is 4. The second-order valence-electron chi connectivity index (χ2n) is 7.03. The van der Waals surface area contributed by atoms with Crippen LogP contribution in [0, 0.1) is 11.3 Å². The normalized spacial score (nSPS) is 28.0. The van der Waals surface area contributed by atoms with Crippen LogP contribution in [0.3, 0.4) is 0 Å². The molecule has 2 rings (SSSR count). The maximum atomic E-state index is 3.91. The van der Waals surface area contributed by atoms with E-state index in [4.69, 9.17) is 0 Å². The van der Waals surface area contributed by atoms with Gasteiger partial charge in [-0.05, 0) is 42.6 Å². The molecule has 0 amide bonds. The molecular weight excluding hydrogens is 230 g/mol. The van der Waals surface area contributed by atoms with Crippen LogP contribution in [0.5, 0.6) is 0 Å². The standard InChI is InChI=1S/C18H29N/c1-5-16(15-9-7-6-8-10-15)19-17-11-12-18(3,4)13-14(17)2/h6-10,14,16-17,19H,5,11-13H2,1-4H3. The highest BCUT2D eigenvalue weighted by Crippen LogP contribution is 2.39. The molecule has 0 heterocycles. The molecule has 19 heavy (non-hydrogen) atoms. The van der Waals surface area contributed by atoms with Gasteiger partial charge in [-0.3, -0.25) is 0 Å². The van der Waals surface area contributed by atoms with Crippen LogP contribution < -0.4 is 5.32 Å². The lowest BCUT2D eigenvalue weighted by Crippen LogP contribution is -2.43. The highest BCUT2D eigenvalue weighted by molar-refractivity contribution is 5.19. The summed E-state index contributed by atoms with van der Waals surface area (Å²) in [5.74, 6) is 0.779. The molecule has 1 aliphatic carbocycles. The van der Waals surface area contributed by atoms with Crippen LogP contribution in [0.15, 0.2) is 30.3 Å². The Morgan fingerprint density at radius 3 is 2.53 bits per heavy atom. The summed E-state index contributed by atoms with van der Waals surface area (Å²) < 4.78 is 0. The Kier molecular flexibility index (Phi) is 4.67. The van der Waals surface area contributed by atoms with Gasteiger partial charge >= 0.3 is 0 Å². The molecule has 3 atom stereocenters. The fourth-order valence-electron chi connectivity index (χ4n) is 3.59.